The normalized spacial score (nSPS) is 12.8. The van der Waals surface area contributed by atoms with E-state index in [4.69, 9.17) is 5.73 Å². The Morgan fingerprint density at radius 1 is 1.31 bits per heavy atom. The lowest BCUT2D eigenvalue weighted by molar-refractivity contribution is 0.0967. The summed E-state index contributed by atoms with van der Waals surface area (Å²) in [5.74, 6) is 0.717. The second-order valence-electron chi connectivity index (χ2n) is 3.86. The van der Waals surface area contributed by atoms with Crippen LogP contribution < -0.4 is 5.73 Å². The Morgan fingerprint density at radius 2 is 2.00 bits per heavy atom. The topological polar surface area (TPSA) is 60.9 Å². The molecule has 1 aliphatic rings. The van der Waals surface area contributed by atoms with E-state index in [2.05, 4.69) is 4.98 Å². The quantitative estimate of drug-likeness (QED) is 0.663. The van der Waals surface area contributed by atoms with Crippen LogP contribution in [0, 0.1) is 6.92 Å². The zero-order chi connectivity index (χ0) is 11.3. The number of carbonyl (C=O) groups is 1. The molecular formula is C12H11N3O. The first kappa shape index (κ1) is 9.30. The van der Waals surface area contributed by atoms with E-state index >= 15 is 0 Å². The molecule has 0 spiro atoms. The molecule has 2 aromatic rings. The smallest absolute Gasteiger partial charge is 0.264 e. The first-order chi connectivity index (χ1) is 7.74. The van der Waals surface area contributed by atoms with E-state index in [-0.39, 0.29) is 5.91 Å². The van der Waals surface area contributed by atoms with Gasteiger partial charge in [-0.3, -0.25) is 9.36 Å². The summed E-state index contributed by atoms with van der Waals surface area (Å²) in [7, 11) is 0. The second kappa shape index (κ2) is 3.02. The van der Waals surface area contributed by atoms with Crippen molar-refractivity contribution in [3.8, 4) is 11.4 Å². The zero-order valence-electron chi connectivity index (χ0n) is 8.90. The van der Waals surface area contributed by atoms with Crippen molar-refractivity contribution in [1.29, 1.82) is 0 Å². The molecule has 0 fully saturated rings. The Kier molecular flexibility index (Phi) is 1.76. The number of hydrogen-bond donors (Lipinski definition) is 1. The van der Waals surface area contributed by atoms with Gasteiger partial charge in [-0.05, 0) is 13.0 Å². The predicted molar refractivity (Wildman–Crippen MR) is 60.0 cm³/mol. The lowest BCUT2D eigenvalue weighted by atomic mass is 10.1. The number of nitrogens with two attached hydrogens (primary N) is 1. The molecule has 0 amide bonds. The van der Waals surface area contributed by atoms with Gasteiger partial charge in [-0.15, -0.1) is 0 Å². The predicted octanol–water partition coefficient (Wildman–Crippen LogP) is 1.32. The molecule has 0 unspecified atom stereocenters. The van der Waals surface area contributed by atoms with Gasteiger partial charge in [-0.25, -0.2) is 4.98 Å². The molecule has 4 heteroatoms. The SMILES string of the molecule is Cc1c(CN)nc2n1C(=O)c1ccccc1-2. The lowest BCUT2D eigenvalue weighted by Gasteiger charge is -1.99. The summed E-state index contributed by atoms with van der Waals surface area (Å²) in [5, 5.41) is 0. The standard InChI is InChI=1S/C12H11N3O/c1-7-10(6-13)14-11-8-4-2-3-5-9(8)12(16)15(7)11/h2-5H,6,13H2,1H3. The van der Waals surface area contributed by atoms with E-state index in [1.807, 2.05) is 31.2 Å². The van der Waals surface area contributed by atoms with Crippen LogP contribution in [0.15, 0.2) is 24.3 Å². The molecule has 0 radical (unpaired) electrons. The van der Waals surface area contributed by atoms with Gasteiger partial charge >= 0.3 is 0 Å². The van der Waals surface area contributed by atoms with Crippen molar-refractivity contribution in [2.75, 3.05) is 0 Å². The van der Waals surface area contributed by atoms with Gasteiger partial charge in [-0.1, -0.05) is 18.2 Å². The van der Waals surface area contributed by atoms with Gasteiger partial charge in [0.15, 0.2) is 0 Å². The Hall–Kier alpha value is -1.94. The van der Waals surface area contributed by atoms with Crippen LogP contribution >= 0.6 is 0 Å². The molecule has 2 N–H and O–H groups in total. The monoisotopic (exact) mass is 213 g/mol. The maximum atomic E-state index is 12.1. The van der Waals surface area contributed by atoms with E-state index in [0.29, 0.717) is 6.54 Å². The van der Waals surface area contributed by atoms with Crippen LogP contribution in [0.2, 0.25) is 0 Å². The average Bonchev–Trinajstić information content (AvgIpc) is 2.78. The van der Waals surface area contributed by atoms with Crippen LogP contribution in [-0.2, 0) is 6.54 Å². The number of aromatic nitrogens is 2. The van der Waals surface area contributed by atoms with E-state index < -0.39 is 0 Å². The number of rotatable bonds is 1. The number of benzene rings is 1. The summed E-state index contributed by atoms with van der Waals surface area (Å²) in [6, 6.07) is 7.52. The van der Waals surface area contributed by atoms with Gasteiger partial charge in [0.2, 0.25) is 0 Å². The maximum Gasteiger partial charge on any atom is 0.264 e. The molecule has 4 nitrogen and oxygen atoms in total. The van der Waals surface area contributed by atoms with Crippen molar-refractivity contribution in [3.63, 3.8) is 0 Å². The molecule has 0 saturated carbocycles. The first-order valence-corrected chi connectivity index (χ1v) is 5.16. The zero-order valence-corrected chi connectivity index (χ0v) is 8.90. The van der Waals surface area contributed by atoms with Crippen LogP contribution in [0.5, 0.6) is 0 Å². The molecular weight excluding hydrogens is 202 g/mol. The van der Waals surface area contributed by atoms with Gasteiger partial charge in [0.1, 0.15) is 5.82 Å². The van der Waals surface area contributed by atoms with Gasteiger partial charge in [0.05, 0.1) is 11.3 Å². The van der Waals surface area contributed by atoms with Crippen molar-refractivity contribution in [3.05, 3.63) is 41.2 Å². The van der Waals surface area contributed by atoms with Crippen LogP contribution in [0.25, 0.3) is 11.4 Å². The van der Waals surface area contributed by atoms with Crippen molar-refractivity contribution >= 4 is 5.91 Å². The summed E-state index contributed by atoms with van der Waals surface area (Å²) in [6.07, 6.45) is 0. The molecule has 0 aliphatic carbocycles. The lowest BCUT2D eigenvalue weighted by Crippen LogP contribution is -2.09. The molecule has 1 aromatic carbocycles. The van der Waals surface area contributed by atoms with E-state index in [1.54, 1.807) is 4.57 Å². The second-order valence-corrected chi connectivity index (χ2v) is 3.86. The van der Waals surface area contributed by atoms with Crippen LogP contribution in [0.3, 0.4) is 0 Å². The average molecular weight is 213 g/mol. The highest BCUT2D eigenvalue weighted by Crippen LogP contribution is 2.32. The van der Waals surface area contributed by atoms with Gasteiger partial charge in [0.25, 0.3) is 5.91 Å². The van der Waals surface area contributed by atoms with Crippen LogP contribution in [0.1, 0.15) is 21.7 Å². The summed E-state index contributed by atoms with van der Waals surface area (Å²) >= 11 is 0. The molecule has 16 heavy (non-hydrogen) atoms. The van der Waals surface area contributed by atoms with Gasteiger partial charge < -0.3 is 5.73 Å². The summed E-state index contributed by atoms with van der Waals surface area (Å²) in [4.78, 5) is 16.5. The first-order valence-electron chi connectivity index (χ1n) is 5.16. The molecule has 1 aromatic heterocycles. The molecule has 80 valence electrons. The Bertz CT molecular complexity index is 598. The molecule has 0 atom stereocenters. The maximum absolute atomic E-state index is 12.1. The summed E-state index contributed by atoms with van der Waals surface area (Å²) < 4.78 is 1.65. The van der Waals surface area contributed by atoms with Crippen molar-refractivity contribution in [1.82, 2.24) is 9.55 Å². The fourth-order valence-corrected chi connectivity index (χ4v) is 2.15. The minimum atomic E-state index is -0.00435. The molecule has 3 rings (SSSR count). The minimum Gasteiger partial charge on any atom is -0.325 e. The highest BCUT2D eigenvalue weighted by molar-refractivity contribution is 6.08. The highest BCUT2D eigenvalue weighted by Gasteiger charge is 2.30. The molecule has 0 bridgehead atoms. The third-order valence-electron chi connectivity index (χ3n) is 3.00. The van der Waals surface area contributed by atoms with E-state index in [9.17, 15) is 4.79 Å². The fourth-order valence-electron chi connectivity index (χ4n) is 2.15. The number of hydrogen-bond acceptors (Lipinski definition) is 3. The molecule has 2 heterocycles. The van der Waals surface area contributed by atoms with Crippen molar-refractivity contribution in [2.24, 2.45) is 5.73 Å². The Balaban J connectivity index is 2.34. The van der Waals surface area contributed by atoms with Gasteiger partial charge in [0, 0.05) is 17.8 Å². The van der Waals surface area contributed by atoms with E-state index in [0.717, 1.165) is 28.3 Å². The summed E-state index contributed by atoms with van der Waals surface area (Å²) in [5.41, 5.74) is 8.84. The van der Waals surface area contributed by atoms with E-state index in [1.165, 1.54) is 0 Å². The molecule has 0 saturated heterocycles. The Labute approximate surface area is 92.7 Å². The largest absolute Gasteiger partial charge is 0.325 e. The van der Waals surface area contributed by atoms with Crippen molar-refractivity contribution in [2.45, 2.75) is 13.5 Å². The van der Waals surface area contributed by atoms with Crippen LogP contribution in [0.4, 0.5) is 0 Å². The number of imidazole rings is 1. The third kappa shape index (κ3) is 0.967. The number of nitrogens with zero attached hydrogens (tertiary/aromatic N) is 2. The van der Waals surface area contributed by atoms with Gasteiger partial charge in [-0.2, -0.15) is 0 Å². The molecule has 1 aliphatic heterocycles. The summed E-state index contributed by atoms with van der Waals surface area (Å²) in [6.45, 7) is 2.24. The minimum absolute atomic E-state index is 0.00435. The fraction of sp³-hybridized carbons (Fsp3) is 0.167. The third-order valence-corrected chi connectivity index (χ3v) is 3.00. The number of fused-ring (bicyclic) bond motifs is 3. The number of carbonyl (C=O) groups excluding carboxylic acids is 1. The Morgan fingerprint density at radius 3 is 2.69 bits per heavy atom. The van der Waals surface area contributed by atoms with Crippen LogP contribution in [-0.4, -0.2) is 15.5 Å². The highest BCUT2D eigenvalue weighted by atomic mass is 16.2. The van der Waals surface area contributed by atoms with Crippen molar-refractivity contribution < 1.29 is 4.79 Å².